The van der Waals surface area contributed by atoms with E-state index in [0.717, 1.165) is 5.56 Å². The van der Waals surface area contributed by atoms with Crippen LogP contribution in [0.1, 0.15) is 36.2 Å². The average Bonchev–Trinajstić information content (AvgIpc) is 2.27. The fourth-order valence-corrected chi connectivity index (χ4v) is 1.76. The largest absolute Gasteiger partial charge is 0.480 e. The molecule has 1 aromatic rings. The van der Waals surface area contributed by atoms with Gasteiger partial charge < -0.3 is 10.4 Å². The van der Waals surface area contributed by atoms with Gasteiger partial charge in [0.25, 0.3) is 5.91 Å². The molecule has 1 atom stereocenters. The van der Waals surface area contributed by atoms with Gasteiger partial charge in [0, 0.05) is 5.56 Å². The molecule has 0 spiro atoms. The second kappa shape index (κ2) is 6.19. The third-order valence-electron chi connectivity index (χ3n) is 2.70. The quantitative estimate of drug-likeness (QED) is 0.841. The van der Waals surface area contributed by atoms with Crippen molar-refractivity contribution in [2.24, 2.45) is 5.92 Å². The first-order valence-corrected chi connectivity index (χ1v) is 6.01. The van der Waals surface area contributed by atoms with E-state index in [1.54, 1.807) is 12.1 Å². The minimum absolute atomic E-state index is 0.211. The summed E-state index contributed by atoms with van der Waals surface area (Å²) in [5, 5.41) is 11.6. The predicted molar refractivity (Wildman–Crippen MR) is 69.5 cm³/mol. The highest BCUT2D eigenvalue weighted by Crippen LogP contribution is 2.09. The molecule has 0 radical (unpaired) electrons. The maximum Gasteiger partial charge on any atom is 0.326 e. The topological polar surface area (TPSA) is 66.4 Å². The average molecular weight is 249 g/mol. The second-order valence-corrected chi connectivity index (χ2v) is 4.81. The van der Waals surface area contributed by atoms with E-state index in [1.807, 2.05) is 32.9 Å². The molecule has 4 nitrogen and oxygen atoms in total. The normalized spacial score (nSPS) is 12.2. The van der Waals surface area contributed by atoms with E-state index < -0.39 is 12.0 Å². The molecular formula is C14H19NO3. The zero-order chi connectivity index (χ0) is 13.7. The summed E-state index contributed by atoms with van der Waals surface area (Å²) in [6.45, 7) is 5.68. The van der Waals surface area contributed by atoms with Gasteiger partial charge in [-0.15, -0.1) is 0 Å². The number of aliphatic carboxylic acids is 1. The Kier molecular flexibility index (Phi) is 4.89. The highest BCUT2D eigenvalue weighted by atomic mass is 16.4. The Morgan fingerprint density at radius 1 is 1.28 bits per heavy atom. The molecule has 98 valence electrons. The first kappa shape index (κ1) is 14.2. The maximum absolute atomic E-state index is 12.0. The summed E-state index contributed by atoms with van der Waals surface area (Å²) >= 11 is 0. The summed E-state index contributed by atoms with van der Waals surface area (Å²) in [7, 11) is 0. The van der Waals surface area contributed by atoms with E-state index in [1.165, 1.54) is 0 Å². The highest BCUT2D eigenvalue weighted by molar-refractivity contribution is 5.97. The molecule has 0 aliphatic heterocycles. The number of hydrogen-bond donors (Lipinski definition) is 2. The van der Waals surface area contributed by atoms with Crippen molar-refractivity contribution >= 4 is 11.9 Å². The molecule has 1 amide bonds. The Morgan fingerprint density at radius 3 is 2.39 bits per heavy atom. The van der Waals surface area contributed by atoms with Gasteiger partial charge in [0.05, 0.1) is 0 Å². The molecule has 0 unspecified atom stereocenters. The number of carboxylic acid groups (broad SMARTS) is 1. The predicted octanol–water partition coefficient (Wildman–Crippen LogP) is 2.22. The molecule has 0 saturated heterocycles. The van der Waals surface area contributed by atoms with Crippen molar-refractivity contribution in [1.29, 1.82) is 0 Å². The van der Waals surface area contributed by atoms with Crippen molar-refractivity contribution in [1.82, 2.24) is 5.32 Å². The number of hydrogen-bond acceptors (Lipinski definition) is 2. The summed E-state index contributed by atoms with van der Waals surface area (Å²) in [5.41, 5.74) is 1.36. The van der Waals surface area contributed by atoms with Crippen LogP contribution in [0.15, 0.2) is 24.3 Å². The summed E-state index contributed by atoms with van der Waals surface area (Å²) in [6, 6.07) is 6.29. The molecule has 0 aliphatic rings. The molecule has 0 heterocycles. The molecule has 18 heavy (non-hydrogen) atoms. The number of benzene rings is 1. The van der Waals surface area contributed by atoms with Gasteiger partial charge in [-0.05, 0) is 30.9 Å². The molecule has 1 rings (SSSR count). The minimum Gasteiger partial charge on any atom is -0.480 e. The van der Waals surface area contributed by atoms with Crippen LogP contribution in [0.3, 0.4) is 0 Å². The van der Waals surface area contributed by atoms with Gasteiger partial charge in [-0.3, -0.25) is 4.79 Å². The van der Waals surface area contributed by atoms with E-state index in [0.29, 0.717) is 12.0 Å². The van der Waals surface area contributed by atoms with Crippen LogP contribution in [0.4, 0.5) is 0 Å². The zero-order valence-corrected chi connectivity index (χ0v) is 10.9. The van der Waals surface area contributed by atoms with E-state index >= 15 is 0 Å². The van der Waals surface area contributed by atoms with Crippen molar-refractivity contribution in [3.63, 3.8) is 0 Å². The van der Waals surface area contributed by atoms with Gasteiger partial charge in [-0.2, -0.15) is 0 Å². The van der Waals surface area contributed by atoms with Gasteiger partial charge in [0.1, 0.15) is 6.04 Å². The van der Waals surface area contributed by atoms with Crippen LogP contribution < -0.4 is 5.32 Å². The van der Waals surface area contributed by atoms with Crippen LogP contribution >= 0.6 is 0 Å². The number of amides is 1. The number of carboxylic acids is 1. The number of nitrogens with one attached hydrogen (secondary N) is 1. The fourth-order valence-electron chi connectivity index (χ4n) is 1.76. The van der Waals surface area contributed by atoms with Crippen LogP contribution in [0.25, 0.3) is 0 Å². The summed E-state index contributed by atoms with van der Waals surface area (Å²) in [6.07, 6.45) is 0.424. The van der Waals surface area contributed by atoms with Gasteiger partial charge in [0.15, 0.2) is 0 Å². The summed E-state index contributed by atoms with van der Waals surface area (Å²) < 4.78 is 0. The Hall–Kier alpha value is -1.84. The Labute approximate surface area is 107 Å². The van der Waals surface area contributed by atoms with Gasteiger partial charge in [-0.25, -0.2) is 4.79 Å². The lowest BCUT2D eigenvalue weighted by molar-refractivity contribution is -0.139. The van der Waals surface area contributed by atoms with Crippen molar-refractivity contribution in [3.8, 4) is 0 Å². The molecule has 1 aromatic carbocycles. The summed E-state index contributed by atoms with van der Waals surface area (Å²) in [4.78, 5) is 23.1. The SMILES string of the molecule is Cc1ccccc1C(=O)N[C@@H](CC(C)C)C(=O)O. The number of carbonyl (C=O) groups is 2. The molecule has 0 fully saturated rings. The molecule has 0 aromatic heterocycles. The van der Waals surface area contributed by atoms with Crippen LogP contribution in [0.2, 0.25) is 0 Å². The smallest absolute Gasteiger partial charge is 0.326 e. The Bertz CT molecular complexity index is 440. The Morgan fingerprint density at radius 2 is 1.89 bits per heavy atom. The molecule has 2 N–H and O–H groups in total. The maximum atomic E-state index is 12.0. The molecule has 0 saturated carbocycles. The zero-order valence-electron chi connectivity index (χ0n) is 10.9. The van der Waals surface area contributed by atoms with Gasteiger partial charge >= 0.3 is 5.97 Å². The molecule has 0 aliphatic carbocycles. The molecular weight excluding hydrogens is 230 g/mol. The minimum atomic E-state index is -0.995. The first-order chi connectivity index (χ1) is 8.41. The highest BCUT2D eigenvalue weighted by Gasteiger charge is 2.22. The van der Waals surface area contributed by atoms with E-state index in [-0.39, 0.29) is 11.8 Å². The third kappa shape index (κ3) is 3.87. The van der Waals surface area contributed by atoms with E-state index in [2.05, 4.69) is 5.32 Å². The van der Waals surface area contributed by atoms with Crippen LogP contribution in [0, 0.1) is 12.8 Å². The van der Waals surface area contributed by atoms with Crippen molar-refractivity contribution < 1.29 is 14.7 Å². The lowest BCUT2D eigenvalue weighted by Crippen LogP contribution is -2.41. The van der Waals surface area contributed by atoms with Gasteiger partial charge in [0.2, 0.25) is 0 Å². The van der Waals surface area contributed by atoms with Gasteiger partial charge in [-0.1, -0.05) is 32.0 Å². The van der Waals surface area contributed by atoms with E-state index in [9.17, 15) is 9.59 Å². The molecule has 0 bridgehead atoms. The number of aryl methyl sites for hydroxylation is 1. The number of rotatable bonds is 5. The number of carbonyl (C=O) groups excluding carboxylic acids is 1. The lowest BCUT2D eigenvalue weighted by atomic mass is 10.0. The van der Waals surface area contributed by atoms with Crippen LogP contribution in [0.5, 0.6) is 0 Å². The fraction of sp³-hybridized carbons (Fsp3) is 0.429. The standard InChI is InChI=1S/C14H19NO3/c1-9(2)8-12(14(17)18)15-13(16)11-7-5-4-6-10(11)3/h4-7,9,12H,8H2,1-3H3,(H,15,16)(H,17,18)/t12-/m0/s1. The molecule has 4 heteroatoms. The third-order valence-corrected chi connectivity index (χ3v) is 2.70. The monoisotopic (exact) mass is 249 g/mol. The second-order valence-electron chi connectivity index (χ2n) is 4.81. The lowest BCUT2D eigenvalue weighted by Gasteiger charge is -2.17. The first-order valence-electron chi connectivity index (χ1n) is 6.01. The summed E-state index contributed by atoms with van der Waals surface area (Å²) in [5.74, 6) is -1.12. The van der Waals surface area contributed by atoms with Crippen molar-refractivity contribution in [2.75, 3.05) is 0 Å². The Balaban J connectivity index is 2.79. The van der Waals surface area contributed by atoms with Crippen molar-refractivity contribution in [2.45, 2.75) is 33.2 Å². The van der Waals surface area contributed by atoms with Crippen LogP contribution in [-0.2, 0) is 4.79 Å². The van der Waals surface area contributed by atoms with Crippen LogP contribution in [-0.4, -0.2) is 23.0 Å². The van der Waals surface area contributed by atoms with Crippen molar-refractivity contribution in [3.05, 3.63) is 35.4 Å². The van der Waals surface area contributed by atoms with E-state index in [4.69, 9.17) is 5.11 Å².